The molecule has 0 bridgehead atoms. The Bertz CT molecular complexity index is 561. The second kappa shape index (κ2) is 5.01. The van der Waals surface area contributed by atoms with Crippen molar-refractivity contribution in [2.45, 2.75) is 38.4 Å². The predicted octanol–water partition coefficient (Wildman–Crippen LogP) is 2.58. The maximum atomic E-state index is 9.51. The molecule has 3 rings (SSSR count). The predicted molar refractivity (Wildman–Crippen MR) is 67.7 cm³/mol. The van der Waals surface area contributed by atoms with Gasteiger partial charge in [0.05, 0.1) is 6.10 Å². The lowest BCUT2D eigenvalue weighted by Gasteiger charge is -2.07. The van der Waals surface area contributed by atoms with E-state index in [9.17, 15) is 5.11 Å². The van der Waals surface area contributed by atoms with Gasteiger partial charge in [0.25, 0.3) is 0 Å². The van der Waals surface area contributed by atoms with E-state index in [1.54, 1.807) is 6.92 Å². The number of rotatable bonds is 5. The van der Waals surface area contributed by atoms with Gasteiger partial charge in [-0.25, -0.2) is 0 Å². The fourth-order valence-corrected chi connectivity index (χ4v) is 1.83. The van der Waals surface area contributed by atoms with Crippen LogP contribution in [-0.2, 0) is 6.61 Å². The molecule has 1 heterocycles. The zero-order valence-corrected chi connectivity index (χ0v) is 10.7. The Morgan fingerprint density at radius 3 is 3.05 bits per heavy atom. The molecule has 5 nitrogen and oxygen atoms in total. The van der Waals surface area contributed by atoms with E-state index in [1.807, 2.05) is 24.3 Å². The minimum atomic E-state index is -0.504. The van der Waals surface area contributed by atoms with E-state index in [4.69, 9.17) is 9.26 Å². The number of ether oxygens (including phenoxy) is 1. The molecule has 0 aliphatic heterocycles. The summed E-state index contributed by atoms with van der Waals surface area (Å²) in [6, 6.07) is 7.36. The van der Waals surface area contributed by atoms with Gasteiger partial charge in [-0.05, 0) is 37.5 Å². The third-order valence-electron chi connectivity index (χ3n) is 3.12. The summed E-state index contributed by atoms with van der Waals surface area (Å²) in [6.07, 6.45) is 1.77. The van der Waals surface area contributed by atoms with Crippen LogP contribution in [0.25, 0.3) is 0 Å². The molecule has 1 aromatic carbocycles. The number of hydrogen-bond acceptors (Lipinski definition) is 5. The van der Waals surface area contributed by atoms with Crippen LogP contribution in [0.4, 0.5) is 0 Å². The van der Waals surface area contributed by atoms with Gasteiger partial charge in [-0.3, -0.25) is 0 Å². The Balaban J connectivity index is 1.62. The minimum absolute atomic E-state index is 0.277. The minimum Gasteiger partial charge on any atom is -0.485 e. The van der Waals surface area contributed by atoms with Crippen LogP contribution in [0.1, 0.15) is 49.1 Å². The molecule has 0 saturated heterocycles. The summed E-state index contributed by atoms with van der Waals surface area (Å²) in [4.78, 5) is 4.29. The molecule has 0 amide bonds. The topological polar surface area (TPSA) is 68.4 Å². The molecule has 0 unspecified atom stereocenters. The molecule has 5 heteroatoms. The van der Waals surface area contributed by atoms with Crippen molar-refractivity contribution in [2.24, 2.45) is 0 Å². The maximum Gasteiger partial charge on any atom is 0.229 e. The van der Waals surface area contributed by atoms with Crippen LogP contribution in [0.15, 0.2) is 28.8 Å². The number of aliphatic hydroxyl groups is 1. The summed E-state index contributed by atoms with van der Waals surface area (Å²) in [5.41, 5.74) is 0.823. The Morgan fingerprint density at radius 1 is 1.47 bits per heavy atom. The second-order valence-corrected chi connectivity index (χ2v) is 4.86. The summed E-state index contributed by atoms with van der Waals surface area (Å²) >= 11 is 0. The fraction of sp³-hybridized carbons (Fsp3) is 0.429. The van der Waals surface area contributed by atoms with Crippen molar-refractivity contribution < 1.29 is 14.4 Å². The van der Waals surface area contributed by atoms with Gasteiger partial charge in [-0.15, -0.1) is 0 Å². The SMILES string of the molecule is C[C@@H](O)c1cccc(OCc2noc(C3CC3)n2)c1. The summed E-state index contributed by atoms with van der Waals surface area (Å²) in [5, 5.41) is 13.4. The van der Waals surface area contributed by atoms with Crippen molar-refractivity contribution in [1.29, 1.82) is 0 Å². The molecule has 2 aromatic rings. The first kappa shape index (κ1) is 12.2. The van der Waals surface area contributed by atoms with Crippen LogP contribution in [0.5, 0.6) is 5.75 Å². The van der Waals surface area contributed by atoms with E-state index in [-0.39, 0.29) is 6.61 Å². The van der Waals surface area contributed by atoms with Crippen LogP contribution < -0.4 is 4.74 Å². The summed E-state index contributed by atoms with van der Waals surface area (Å²) in [6.45, 7) is 2.00. The van der Waals surface area contributed by atoms with E-state index in [1.165, 1.54) is 0 Å². The maximum absolute atomic E-state index is 9.51. The Morgan fingerprint density at radius 2 is 2.32 bits per heavy atom. The lowest BCUT2D eigenvalue weighted by atomic mass is 10.1. The molecule has 1 saturated carbocycles. The van der Waals surface area contributed by atoms with Crippen molar-refractivity contribution >= 4 is 0 Å². The molecule has 1 N–H and O–H groups in total. The molecule has 0 radical (unpaired) electrons. The number of nitrogens with zero attached hydrogens (tertiary/aromatic N) is 2. The van der Waals surface area contributed by atoms with Gasteiger partial charge in [0, 0.05) is 5.92 Å². The molecule has 1 atom stereocenters. The van der Waals surface area contributed by atoms with Gasteiger partial charge >= 0.3 is 0 Å². The van der Waals surface area contributed by atoms with E-state index in [0.717, 1.165) is 24.3 Å². The van der Waals surface area contributed by atoms with Gasteiger partial charge in [-0.2, -0.15) is 4.98 Å². The third kappa shape index (κ3) is 2.93. The van der Waals surface area contributed by atoms with Gasteiger partial charge in [0.15, 0.2) is 6.61 Å². The standard InChI is InChI=1S/C14H16N2O3/c1-9(17)11-3-2-4-12(7-11)18-8-13-15-14(19-16-13)10-5-6-10/h2-4,7,9-10,17H,5-6,8H2,1H3/t9-/m1/s1. The summed E-state index contributed by atoms with van der Waals surface area (Å²) < 4.78 is 10.8. The molecule has 1 aliphatic carbocycles. The van der Waals surface area contributed by atoms with Crippen LogP contribution in [0.3, 0.4) is 0 Å². The van der Waals surface area contributed by atoms with Crippen LogP contribution in [0, 0.1) is 0 Å². The zero-order chi connectivity index (χ0) is 13.2. The Hall–Kier alpha value is -1.88. The molecule has 0 spiro atoms. The number of aliphatic hydroxyl groups excluding tert-OH is 1. The molecular formula is C14H16N2O3. The van der Waals surface area contributed by atoms with Gasteiger partial charge in [-0.1, -0.05) is 17.3 Å². The van der Waals surface area contributed by atoms with Crippen molar-refractivity contribution in [3.63, 3.8) is 0 Å². The molecule has 19 heavy (non-hydrogen) atoms. The van der Waals surface area contributed by atoms with E-state index < -0.39 is 6.10 Å². The smallest absolute Gasteiger partial charge is 0.229 e. The largest absolute Gasteiger partial charge is 0.485 e. The van der Waals surface area contributed by atoms with Crippen molar-refractivity contribution in [3.05, 3.63) is 41.5 Å². The first-order valence-corrected chi connectivity index (χ1v) is 6.45. The second-order valence-electron chi connectivity index (χ2n) is 4.86. The number of hydrogen-bond donors (Lipinski definition) is 1. The van der Waals surface area contributed by atoms with E-state index in [2.05, 4.69) is 10.1 Å². The number of benzene rings is 1. The van der Waals surface area contributed by atoms with Crippen LogP contribution >= 0.6 is 0 Å². The normalized spacial score (nSPS) is 16.3. The summed E-state index contributed by atoms with van der Waals surface area (Å²) in [7, 11) is 0. The molecule has 1 aliphatic rings. The molecule has 1 aromatic heterocycles. The highest BCUT2D eigenvalue weighted by Crippen LogP contribution is 2.38. The first-order chi connectivity index (χ1) is 9.22. The third-order valence-corrected chi connectivity index (χ3v) is 3.12. The van der Waals surface area contributed by atoms with E-state index >= 15 is 0 Å². The average molecular weight is 260 g/mol. The van der Waals surface area contributed by atoms with Crippen molar-refractivity contribution in [3.8, 4) is 5.75 Å². The highest BCUT2D eigenvalue weighted by Gasteiger charge is 2.29. The van der Waals surface area contributed by atoms with Crippen molar-refractivity contribution in [2.75, 3.05) is 0 Å². The van der Waals surface area contributed by atoms with Crippen LogP contribution in [0.2, 0.25) is 0 Å². The molecule has 1 fully saturated rings. The highest BCUT2D eigenvalue weighted by atomic mass is 16.5. The van der Waals surface area contributed by atoms with Gasteiger partial charge < -0.3 is 14.4 Å². The van der Waals surface area contributed by atoms with Gasteiger partial charge in [0.1, 0.15) is 5.75 Å². The lowest BCUT2D eigenvalue weighted by Crippen LogP contribution is -1.99. The first-order valence-electron chi connectivity index (χ1n) is 6.45. The Labute approximate surface area is 111 Å². The quantitative estimate of drug-likeness (QED) is 0.894. The fourth-order valence-electron chi connectivity index (χ4n) is 1.83. The molecule has 100 valence electrons. The lowest BCUT2D eigenvalue weighted by molar-refractivity contribution is 0.198. The van der Waals surface area contributed by atoms with Gasteiger partial charge in [0.2, 0.25) is 11.7 Å². The zero-order valence-electron chi connectivity index (χ0n) is 10.7. The highest BCUT2D eigenvalue weighted by molar-refractivity contribution is 5.29. The summed E-state index contributed by atoms with van der Waals surface area (Å²) in [5.74, 6) is 2.43. The molecular weight excluding hydrogens is 244 g/mol. The van der Waals surface area contributed by atoms with Crippen LogP contribution in [-0.4, -0.2) is 15.2 Å². The van der Waals surface area contributed by atoms with E-state index in [0.29, 0.717) is 17.5 Å². The number of aromatic nitrogens is 2. The average Bonchev–Trinajstić information content (AvgIpc) is 3.16. The monoisotopic (exact) mass is 260 g/mol. The Kier molecular flexibility index (Phi) is 3.21. The van der Waals surface area contributed by atoms with Crippen molar-refractivity contribution in [1.82, 2.24) is 10.1 Å².